The molecule has 0 aromatic heterocycles. The number of nitrogens with zero attached hydrogens (tertiary/aromatic N) is 1. The zero-order chi connectivity index (χ0) is 26.2. The highest BCUT2D eigenvalue weighted by molar-refractivity contribution is 5.98. The molecule has 1 aliphatic heterocycles. The van der Waals surface area contributed by atoms with Crippen molar-refractivity contribution in [2.75, 3.05) is 13.2 Å². The maximum atomic E-state index is 13.3. The Morgan fingerprint density at radius 1 is 0.892 bits per heavy atom. The van der Waals surface area contributed by atoms with Crippen molar-refractivity contribution in [1.29, 1.82) is 0 Å². The fourth-order valence-electron chi connectivity index (χ4n) is 5.08. The second-order valence-corrected chi connectivity index (χ2v) is 9.87. The van der Waals surface area contributed by atoms with Crippen LogP contribution in [0.3, 0.4) is 0 Å². The van der Waals surface area contributed by atoms with Crippen LogP contribution in [0.5, 0.6) is 5.75 Å². The summed E-state index contributed by atoms with van der Waals surface area (Å²) in [6.07, 6.45) is 6.80. The van der Waals surface area contributed by atoms with E-state index in [0.717, 1.165) is 50.7 Å². The summed E-state index contributed by atoms with van der Waals surface area (Å²) in [7, 11) is 0. The van der Waals surface area contributed by atoms with E-state index >= 15 is 0 Å². The number of hydrogen-bond donors (Lipinski definition) is 2. The lowest BCUT2D eigenvalue weighted by Crippen LogP contribution is -2.56. The molecule has 2 aromatic carbocycles. The fraction of sp³-hybridized carbons (Fsp3) is 0.483. The van der Waals surface area contributed by atoms with Crippen molar-refractivity contribution in [3.8, 4) is 5.75 Å². The van der Waals surface area contributed by atoms with Crippen LogP contribution in [-0.4, -0.2) is 53.9 Å². The molecule has 1 aliphatic carbocycles. The van der Waals surface area contributed by atoms with Gasteiger partial charge in [0.2, 0.25) is 5.91 Å². The van der Waals surface area contributed by atoms with Gasteiger partial charge in [0.25, 0.3) is 11.8 Å². The van der Waals surface area contributed by atoms with Gasteiger partial charge in [-0.05, 0) is 80.6 Å². The lowest BCUT2D eigenvalue weighted by Gasteiger charge is -2.34. The largest absolute Gasteiger partial charge is 0.494 e. The molecule has 2 N–H and O–H groups in total. The highest BCUT2D eigenvalue weighted by Gasteiger charge is 2.37. The first-order valence-corrected chi connectivity index (χ1v) is 13.4. The monoisotopic (exact) mass is 509 g/mol. The van der Waals surface area contributed by atoms with Gasteiger partial charge in [-0.1, -0.05) is 26.2 Å². The number of nitrogens with one attached hydrogen (secondary N) is 2. The normalized spacial score (nSPS) is 21.4. The zero-order valence-corrected chi connectivity index (χ0v) is 21.4. The van der Waals surface area contributed by atoms with E-state index < -0.39 is 11.9 Å². The van der Waals surface area contributed by atoms with Crippen molar-refractivity contribution < 1.29 is 23.5 Å². The standard InChI is InChI=1S/C29H36FN3O4/c1-2-3-19-37-23-16-12-21(13-17-23)29(36)33-18-6-9-26(33)28(35)32-25-8-5-4-7-24(25)31-27(34)20-10-14-22(30)15-11-20/h10-17,24-26H,2-9,18-19H2,1H3,(H,31,34)(H,32,35)/t24-,25?,26-/m1/s1. The molecular formula is C29H36FN3O4. The van der Waals surface area contributed by atoms with Gasteiger partial charge in [-0.2, -0.15) is 0 Å². The minimum absolute atomic E-state index is 0.164. The quantitative estimate of drug-likeness (QED) is 0.489. The minimum atomic E-state index is -0.539. The summed E-state index contributed by atoms with van der Waals surface area (Å²) in [6, 6.07) is 11.5. The number of likely N-dealkylation sites (tertiary alicyclic amines) is 1. The van der Waals surface area contributed by atoms with Crippen LogP contribution in [0.4, 0.5) is 4.39 Å². The van der Waals surface area contributed by atoms with Crippen molar-refractivity contribution in [3.63, 3.8) is 0 Å². The van der Waals surface area contributed by atoms with E-state index in [4.69, 9.17) is 4.74 Å². The van der Waals surface area contributed by atoms with Gasteiger partial charge >= 0.3 is 0 Å². The Hall–Kier alpha value is -3.42. The van der Waals surface area contributed by atoms with E-state index in [0.29, 0.717) is 30.7 Å². The molecular weight excluding hydrogens is 473 g/mol. The zero-order valence-electron chi connectivity index (χ0n) is 21.4. The first-order chi connectivity index (χ1) is 18.0. The van der Waals surface area contributed by atoms with Crippen molar-refractivity contribution in [1.82, 2.24) is 15.5 Å². The molecule has 0 radical (unpaired) electrons. The Kier molecular flexibility index (Phi) is 9.14. The third kappa shape index (κ3) is 6.87. The van der Waals surface area contributed by atoms with E-state index in [-0.39, 0.29) is 29.8 Å². The molecule has 0 bridgehead atoms. The van der Waals surface area contributed by atoms with Crippen molar-refractivity contribution >= 4 is 17.7 Å². The summed E-state index contributed by atoms with van der Waals surface area (Å²) in [5.74, 6) is -0.301. The number of halogens is 1. The highest BCUT2D eigenvalue weighted by Crippen LogP contribution is 2.24. The SMILES string of the molecule is CCCCOc1ccc(C(=O)N2CCC[C@@H]2C(=O)NC2CCCC[C@H]2NC(=O)c2ccc(F)cc2)cc1. The number of benzene rings is 2. The van der Waals surface area contributed by atoms with Crippen LogP contribution in [0.1, 0.15) is 79.0 Å². The van der Waals surface area contributed by atoms with Gasteiger partial charge in [0.1, 0.15) is 17.6 Å². The molecule has 1 unspecified atom stereocenters. The third-order valence-corrected chi connectivity index (χ3v) is 7.20. The van der Waals surface area contributed by atoms with Crippen LogP contribution >= 0.6 is 0 Å². The molecule has 1 heterocycles. The Morgan fingerprint density at radius 3 is 2.22 bits per heavy atom. The summed E-state index contributed by atoms with van der Waals surface area (Å²) in [6.45, 7) is 3.28. The smallest absolute Gasteiger partial charge is 0.254 e. The summed E-state index contributed by atoms with van der Waals surface area (Å²) in [4.78, 5) is 40.9. The molecule has 0 spiro atoms. The average molecular weight is 510 g/mol. The van der Waals surface area contributed by atoms with Crippen LogP contribution < -0.4 is 15.4 Å². The average Bonchev–Trinajstić information content (AvgIpc) is 3.41. The van der Waals surface area contributed by atoms with Gasteiger partial charge in [-0.3, -0.25) is 14.4 Å². The molecule has 2 fully saturated rings. The van der Waals surface area contributed by atoms with Gasteiger partial charge in [0.15, 0.2) is 0 Å². The van der Waals surface area contributed by atoms with Crippen LogP contribution in [-0.2, 0) is 4.79 Å². The fourth-order valence-corrected chi connectivity index (χ4v) is 5.08. The maximum Gasteiger partial charge on any atom is 0.254 e. The summed E-state index contributed by atoms with van der Waals surface area (Å²) < 4.78 is 18.9. The third-order valence-electron chi connectivity index (χ3n) is 7.20. The van der Waals surface area contributed by atoms with Crippen LogP contribution in [0.25, 0.3) is 0 Å². The lowest BCUT2D eigenvalue weighted by atomic mass is 9.89. The number of hydrogen-bond acceptors (Lipinski definition) is 4. The van der Waals surface area contributed by atoms with Gasteiger partial charge in [-0.15, -0.1) is 0 Å². The van der Waals surface area contributed by atoms with E-state index in [2.05, 4.69) is 17.6 Å². The second kappa shape index (κ2) is 12.7. The minimum Gasteiger partial charge on any atom is -0.494 e. The highest BCUT2D eigenvalue weighted by atomic mass is 19.1. The maximum absolute atomic E-state index is 13.3. The number of amides is 3. The van der Waals surface area contributed by atoms with Crippen molar-refractivity contribution in [2.45, 2.75) is 76.4 Å². The van der Waals surface area contributed by atoms with Crippen LogP contribution in [0, 0.1) is 5.82 Å². The molecule has 2 aliphatic rings. The number of rotatable bonds is 9. The molecule has 37 heavy (non-hydrogen) atoms. The van der Waals surface area contributed by atoms with E-state index in [1.807, 2.05) is 0 Å². The summed E-state index contributed by atoms with van der Waals surface area (Å²) in [5, 5.41) is 6.14. The molecule has 1 saturated carbocycles. The van der Waals surface area contributed by atoms with E-state index in [1.165, 1.54) is 24.3 Å². The summed E-state index contributed by atoms with van der Waals surface area (Å²) >= 11 is 0. The van der Waals surface area contributed by atoms with Gasteiger partial charge < -0.3 is 20.3 Å². The Bertz CT molecular complexity index is 1070. The first kappa shape index (κ1) is 26.6. The predicted molar refractivity (Wildman–Crippen MR) is 139 cm³/mol. The van der Waals surface area contributed by atoms with Crippen molar-refractivity contribution in [3.05, 3.63) is 65.5 Å². The number of ether oxygens (including phenoxy) is 1. The van der Waals surface area contributed by atoms with E-state index in [9.17, 15) is 18.8 Å². The Morgan fingerprint density at radius 2 is 1.54 bits per heavy atom. The lowest BCUT2D eigenvalue weighted by molar-refractivity contribution is -0.126. The predicted octanol–water partition coefficient (Wildman–Crippen LogP) is 4.47. The van der Waals surface area contributed by atoms with Gasteiger partial charge in [0, 0.05) is 29.8 Å². The van der Waals surface area contributed by atoms with Gasteiger partial charge in [0.05, 0.1) is 6.61 Å². The molecule has 4 rings (SSSR count). The second-order valence-electron chi connectivity index (χ2n) is 9.87. The van der Waals surface area contributed by atoms with Crippen LogP contribution in [0.2, 0.25) is 0 Å². The first-order valence-electron chi connectivity index (χ1n) is 13.4. The molecule has 198 valence electrons. The molecule has 7 nitrogen and oxygen atoms in total. The topological polar surface area (TPSA) is 87.7 Å². The number of unbranched alkanes of at least 4 members (excludes halogenated alkanes) is 1. The van der Waals surface area contributed by atoms with Gasteiger partial charge in [-0.25, -0.2) is 4.39 Å². The summed E-state index contributed by atoms with van der Waals surface area (Å²) in [5.41, 5.74) is 0.913. The number of carbonyl (C=O) groups is 3. The number of carbonyl (C=O) groups excluding carboxylic acids is 3. The Labute approximate surface area is 217 Å². The Balaban J connectivity index is 1.36. The molecule has 3 amide bonds. The molecule has 3 atom stereocenters. The van der Waals surface area contributed by atoms with E-state index in [1.54, 1.807) is 29.2 Å². The van der Waals surface area contributed by atoms with Crippen molar-refractivity contribution in [2.24, 2.45) is 0 Å². The molecule has 1 saturated heterocycles. The molecule has 8 heteroatoms. The molecule has 2 aromatic rings. The van der Waals surface area contributed by atoms with Crippen LogP contribution in [0.15, 0.2) is 48.5 Å².